The lowest BCUT2D eigenvalue weighted by Gasteiger charge is -2.67. The second-order valence-electron chi connectivity index (χ2n) is 19.7. The van der Waals surface area contributed by atoms with Crippen molar-refractivity contribution in [2.75, 3.05) is 6.61 Å². The molecule has 2 heterocycles. The minimum atomic E-state index is -2.35. The lowest BCUT2D eigenvalue weighted by Crippen LogP contribution is -2.83. The number of Topliss-reactive ketones (excluding diaryl/α,β-unsaturated/α-hetero) is 1. The summed E-state index contributed by atoms with van der Waals surface area (Å²) in [5.41, 5.74) is -8.22. The van der Waals surface area contributed by atoms with Gasteiger partial charge in [-0.05, 0) is 63.8 Å². The number of carbonyl (C=O) groups excluding carboxylic acids is 7. The standard InChI is InChI=1S/C46H57NO16/c1-21(2)18-26(47-40(55)42(5,6)7)30(50)39(54)58-31-22(3)29-32(59-37(52)25-16-17-25)34(51)44(10)27(49)19-28-45(20-57-28,62-23(4)48)33(44)36(60-38(53)24-14-12-11-13-15-24)46(43(29,8)9)35(31)61-41(56)63-46/h11-15,18,25-28,30-33,35-36,49-50H,16-17,19-20H2,1-10H3,(H,47,55)/t26-,27-,28+,30+,31+,32+,33-,35-,36-,44+,45-,46+/m0/s1. The van der Waals surface area contributed by atoms with Crippen molar-refractivity contribution in [3.8, 4) is 0 Å². The third kappa shape index (κ3) is 7.33. The fourth-order valence-corrected chi connectivity index (χ4v) is 10.4. The summed E-state index contributed by atoms with van der Waals surface area (Å²) in [6.45, 7) is 15.2. The maximum atomic E-state index is 15.8. The zero-order valence-corrected chi connectivity index (χ0v) is 37.2. The predicted molar refractivity (Wildman–Crippen MR) is 217 cm³/mol. The number of esters is 4. The van der Waals surface area contributed by atoms with Gasteiger partial charge in [-0.25, -0.2) is 14.4 Å². The van der Waals surface area contributed by atoms with Gasteiger partial charge in [0.05, 0.1) is 41.6 Å². The van der Waals surface area contributed by atoms with Gasteiger partial charge in [0.15, 0.2) is 41.9 Å². The summed E-state index contributed by atoms with van der Waals surface area (Å²) in [6, 6.07) is 6.48. The van der Waals surface area contributed by atoms with Gasteiger partial charge in [0.25, 0.3) is 0 Å². The van der Waals surface area contributed by atoms with Crippen molar-refractivity contribution < 1.29 is 76.9 Å². The highest BCUT2D eigenvalue weighted by Gasteiger charge is 2.83. The van der Waals surface area contributed by atoms with Crippen molar-refractivity contribution in [2.45, 2.75) is 148 Å². The number of benzene rings is 1. The fraction of sp³-hybridized carbons (Fsp3) is 0.630. The van der Waals surface area contributed by atoms with Gasteiger partial charge in [-0.1, -0.05) is 64.5 Å². The summed E-state index contributed by atoms with van der Waals surface area (Å²) in [4.78, 5) is 98.8. The molecule has 12 atom stereocenters. The molecule has 2 saturated heterocycles. The summed E-state index contributed by atoms with van der Waals surface area (Å²) >= 11 is 0. The topological polar surface area (TPSA) is 237 Å². The molecule has 0 unspecified atom stereocenters. The van der Waals surface area contributed by atoms with Crippen LogP contribution in [0.2, 0.25) is 0 Å². The van der Waals surface area contributed by atoms with Crippen LogP contribution >= 0.6 is 0 Å². The van der Waals surface area contributed by atoms with Crippen molar-refractivity contribution in [2.24, 2.45) is 28.1 Å². The SMILES string of the molecule is CC(=O)O[C@@]12CO[C@@H]1C[C@H](O)[C@@]1(C)C(=O)[C@H](OC(=O)C3CC3)C3=C(C)[C@@H](OC(=O)[C@H](O)[C@H](C=C(C)C)NC(=O)C(C)(C)C)[C@@H]4OC(=O)O[C@]4([C@@H](OC(=O)c4ccccc4)[C@H]21)C3(C)C. The zero-order valence-electron chi connectivity index (χ0n) is 37.2. The van der Waals surface area contributed by atoms with Gasteiger partial charge in [0.1, 0.15) is 6.10 Å². The highest BCUT2D eigenvalue weighted by atomic mass is 16.8. The smallest absolute Gasteiger partial charge is 0.454 e. The Morgan fingerprint density at radius 2 is 1.62 bits per heavy atom. The first-order chi connectivity index (χ1) is 29.3. The van der Waals surface area contributed by atoms with E-state index in [2.05, 4.69) is 5.32 Å². The van der Waals surface area contributed by atoms with Crippen LogP contribution in [0.1, 0.15) is 98.9 Å². The molecular weight excluding hydrogens is 822 g/mol. The van der Waals surface area contributed by atoms with Crippen LogP contribution in [0, 0.1) is 28.1 Å². The van der Waals surface area contributed by atoms with Crippen LogP contribution in [-0.2, 0) is 57.1 Å². The Hall–Kier alpha value is -5.13. The Labute approximate surface area is 365 Å². The van der Waals surface area contributed by atoms with Crippen LogP contribution in [0.3, 0.4) is 0 Å². The van der Waals surface area contributed by atoms with Gasteiger partial charge in [-0.15, -0.1) is 0 Å². The van der Waals surface area contributed by atoms with E-state index < -0.39 is 130 Å². The van der Waals surface area contributed by atoms with E-state index in [1.165, 1.54) is 32.1 Å². The quantitative estimate of drug-likeness (QED) is 0.173. The molecule has 342 valence electrons. The maximum absolute atomic E-state index is 15.8. The number of nitrogens with one attached hydrogen (secondary N) is 1. The zero-order chi connectivity index (χ0) is 46.4. The molecule has 1 amide bonds. The van der Waals surface area contributed by atoms with E-state index in [1.807, 2.05) is 0 Å². The normalized spacial score (nSPS) is 34.9. The van der Waals surface area contributed by atoms with Crippen molar-refractivity contribution in [1.82, 2.24) is 5.32 Å². The molecule has 3 N–H and O–H groups in total. The Bertz CT molecular complexity index is 2170. The number of aliphatic hydroxyl groups excluding tert-OH is 2. The van der Waals surface area contributed by atoms with Crippen molar-refractivity contribution in [1.29, 1.82) is 0 Å². The lowest BCUT2D eigenvalue weighted by atomic mass is 9.44. The highest BCUT2D eigenvalue weighted by Crippen LogP contribution is 2.67. The number of ketones is 1. The van der Waals surface area contributed by atoms with E-state index in [4.69, 9.17) is 33.2 Å². The van der Waals surface area contributed by atoms with Crippen LogP contribution in [0.4, 0.5) is 4.79 Å². The first kappa shape index (κ1) is 45.9. The molecule has 0 aromatic heterocycles. The molecule has 0 radical (unpaired) electrons. The number of hydrogen-bond donors (Lipinski definition) is 3. The summed E-state index contributed by atoms with van der Waals surface area (Å²) in [5, 5.41) is 26.6. The molecule has 63 heavy (non-hydrogen) atoms. The number of ether oxygens (including phenoxy) is 7. The number of allylic oxidation sites excluding steroid dienone is 1. The minimum absolute atomic E-state index is 0.00798. The Balaban J connectivity index is 1.49. The van der Waals surface area contributed by atoms with Gasteiger partial charge in [0.2, 0.25) is 11.5 Å². The van der Waals surface area contributed by atoms with Crippen molar-refractivity contribution >= 4 is 41.7 Å². The molecule has 3 saturated carbocycles. The van der Waals surface area contributed by atoms with Crippen LogP contribution in [0.5, 0.6) is 0 Å². The first-order valence-corrected chi connectivity index (χ1v) is 21.3. The second-order valence-corrected chi connectivity index (χ2v) is 19.7. The summed E-state index contributed by atoms with van der Waals surface area (Å²) in [5.74, 6) is -7.29. The van der Waals surface area contributed by atoms with E-state index in [0.717, 1.165) is 6.92 Å². The van der Waals surface area contributed by atoms with Crippen molar-refractivity contribution in [3.63, 3.8) is 0 Å². The lowest BCUT2D eigenvalue weighted by molar-refractivity contribution is -0.345. The monoisotopic (exact) mass is 879 g/mol. The van der Waals surface area contributed by atoms with E-state index in [9.17, 15) is 39.0 Å². The largest absolute Gasteiger partial charge is 0.509 e. The molecule has 2 bridgehead atoms. The van der Waals surface area contributed by atoms with E-state index in [1.54, 1.807) is 66.7 Å². The molecule has 4 aliphatic carbocycles. The Kier molecular flexibility index (Phi) is 11.5. The maximum Gasteiger partial charge on any atom is 0.509 e. The molecular formula is C46H57NO16. The molecule has 6 aliphatic rings. The third-order valence-electron chi connectivity index (χ3n) is 13.8. The molecule has 1 aromatic rings. The summed E-state index contributed by atoms with van der Waals surface area (Å²) in [6.07, 6.45) is -11.0. The van der Waals surface area contributed by atoms with E-state index in [0.29, 0.717) is 18.4 Å². The molecule has 1 spiro atoms. The van der Waals surface area contributed by atoms with Crippen LogP contribution in [0.15, 0.2) is 53.1 Å². The fourth-order valence-electron chi connectivity index (χ4n) is 10.4. The number of aliphatic hydroxyl groups is 2. The van der Waals surface area contributed by atoms with Crippen molar-refractivity contribution in [3.05, 3.63) is 58.7 Å². The third-order valence-corrected chi connectivity index (χ3v) is 13.8. The van der Waals surface area contributed by atoms with Gasteiger partial charge < -0.3 is 48.7 Å². The summed E-state index contributed by atoms with van der Waals surface area (Å²) in [7, 11) is 0. The van der Waals surface area contributed by atoms with Gasteiger partial charge >= 0.3 is 30.0 Å². The molecule has 7 rings (SSSR count). The first-order valence-electron chi connectivity index (χ1n) is 21.3. The molecule has 17 nitrogen and oxygen atoms in total. The average molecular weight is 880 g/mol. The number of amides is 1. The summed E-state index contributed by atoms with van der Waals surface area (Å²) < 4.78 is 43.3. The number of carbonyl (C=O) groups is 7. The number of fused-ring (bicyclic) bond motifs is 4. The predicted octanol–water partition coefficient (Wildman–Crippen LogP) is 3.60. The molecule has 5 fully saturated rings. The average Bonchev–Trinajstić information content (AvgIpc) is 3.99. The Morgan fingerprint density at radius 1 is 0.968 bits per heavy atom. The highest BCUT2D eigenvalue weighted by molar-refractivity contribution is 5.96. The van der Waals surface area contributed by atoms with E-state index in [-0.39, 0.29) is 29.7 Å². The van der Waals surface area contributed by atoms with E-state index >= 15 is 4.79 Å². The van der Waals surface area contributed by atoms with Crippen LogP contribution in [-0.4, -0.2) is 119 Å². The van der Waals surface area contributed by atoms with Gasteiger partial charge in [0, 0.05) is 24.2 Å². The molecule has 2 aliphatic heterocycles. The minimum Gasteiger partial charge on any atom is -0.454 e. The van der Waals surface area contributed by atoms with Gasteiger partial charge in [-0.3, -0.25) is 19.2 Å². The Morgan fingerprint density at radius 3 is 2.17 bits per heavy atom. The van der Waals surface area contributed by atoms with Crippen LogP contribution in [0.25, 0.3) is 0 Å². The van der Waals surface area contributed by atoms with Gasteiger partial charge in [-0.2, -0.15) is 0 Å². The second kappa shape index (κ2) is 15.8. The molecule has 1 aromatic carbocycles. The number of hydrogen-bond acceptors (Lipinski definition) is 16. The molecule has 17 heteroatoms. The van der Waals surface area contributed by atoms with Crippen LogP contribution < -0.4 is 5.32 Å². The number of rotatable bonds is 10.